The molecule has 0 aliphatic carbocycles. The second kappa shape index (κ2) is 6.66. The molecular weight excluding hydrogens is 278 g/mol. The second-order valence-electron chi connectivity index (χ2n) is 5.09. The number of piperazine rings is 1. The fourth-order valence-corrected chi connectivity index (χ4v) is 3.76. The van der Waals surface area contributed by atoms with Crippen molar-refractivity contribution in [3.05, 3.63) is 12.4 Å². The van der Waals surface area contributed by atoms with E-state index < -0.39 is 10.0 Å². The molecule has 0 aromatic carbocycles. The molecule has 1 aliphatic rings. The molecule has 0 radical (unpaired) electrons. The Morgan fingerprint density at radius 1 is 1.25 bits per heavy atom. The van der Waals surface area contributed by atoms with E-state index >= 15 is 0 Å². The van der Waals surface area contributed by atoms with E-state index in [2.05, 4.69) is 10.00 Å². The molecule has 7 nitrogen and oxygen atoms in total. The van der Waals surface area contributed by atoms with Crippen molar-refractivity contribution in [2.75, 3.05) is 39.3 Å². The van der Waals surface area contributed by atoms with Crippen molar-refractivity contribution in [3.63, 3.8) is 0 Å². The van der Waals surface area contributed by atoms with Crippen LogP contribution in [0, 0.1) is 0 Å². The van der Waals surface area contributed by atoms with Crippen molar-refractivity contribution in [3.8, 4) is 0 Å². The Balaban J connectivity index is 1.90. The number of nitrogens with zero attached hydrogens (tertiary/aromatic N) is 4. The van der Waals surface area contributed by atoms with Crippen molar-refractivity contribution < 1.29 is 8.42 Å². The molecule has 0 atom stereocenters. The summed E-state index contributed by atoms with van der Waals surface area (Å²) in [4.78, 5) is 2.57. The maximum atomic E-state index is 12.4. The highest BCUT2D eigenvalue weighted by molar-refractivity contribution is 7.89. The van der Waals surface area contributed by atoms with Gasteiger partial charge in [0.25, 0.3) is 0 Å². The molecule has 0 amide bonds. The number of hydrogen-bond donors (Lipinski definition) is 1. The fraction of sp³-hybridized carbons (Fsp3) is 0.750. The van der Waals surface area contributed by atoms with Gasteiger partial charge in [-0.3, -0.25) is 4.68 Å². The molecule has 1 saturated heterocycles. The summed E-state index contributed by atoms with van der Waals surface area (Å²) >= 11 is 0. The molecular formula is C12H23N5O2S. The molecule has 2 N–H and O–H groups in total. The van der Waals surface area contributed by atoms with Crippen LogP contribution in [0.2, 0.25) is 0 Å². The van der Waals surface area contributed by atoms with Crippen molar-refractivity contribution >= 4 is 10.0 Å². The van der Waals surface area contributed by atoms with Crippen LogP contribution in [0.15, 0.2) is 17.3 Å². The first-order chi connectivity index (χ1) is 9.54. The zero-order valence-electron chi connectivity index (χ0n) is 11.9. The number of aryl methyl sites for hydroxylation is 1. The van der Waals surface area contributed by atoms with Gasteiger partial charge in [0.1, 0.15) is 4.90 Å². The van der Waals surface area contributed by atoms with Gasteiger partial charge in [0.05, 0.1) is 6.20 Å². The monoisotopic (exact) mass is 301 g/mol. The van der Waals surface area contributed by atoms with E-state index in [1.165, 1.54) is 10.9 Å². The van der Waals surface area contributed by atoms with Crippen LogP contribution in [-0.4, -0.2) is 66.7 Å². The van der Waals surface area contributed by atoms with Crippen LogP contribution in [0.1, 0.15) is 12.8 Å². The minimum absolute atomic E-state index is 0.275. The maximum absolute atomic E-state index is 12.4. The Hall–Kier alpha value is -0.960. The Kier molecular flexibility index (Phi) is 5.14. The smallest absolute Gasteiger partial charge is 0.246 e. The number of hydrogen-bond acceptors (Lipinski definition) is 5. The molecule has 0 spiro atoms. The van der Waals surface area contributed by atoms with E-state index in [0.29, 0.717) is 13.1 Å². The van der Waals surface area contributed by atoms with Crippen LogP contribution >= 0.6 is 0 Å². The lowest BCUT2D eigenvalue weighted by Gasteiger charge is -2.33. The largest absolute Gasteiger partial charge is 0.330 e. The Morgan fingerprint density at radius 3 is 2.50 bits per heavy atom. The Bertz CT molecular complexity index is 520. The molecule has 114 valence electrons. The molecule has 0 bridgehead atoms. The lowest BCUT2D eigenvalue weighted by molar-refractivity contribution is 0.186. The highest BCUT2D eigenvalue weighted by Crippen LogP contribution is 2.16. The maximum Gasteiger partial charge on any atom is 0.246 e. The number of sulfonamides is 1. The Morgan fingerprint density at radius 2 is 1.95 bits per heavy atom. The molecule has 8 heteroatoms. The van der Waals surface area contributed by atoms with Gasteiger partial charge in [-0.25, -0.2) is 8.42 Å². The van der Waals surface area contributed by atoms with Gasteiger partial charge in [0.2, 0.25) is 10.0 Å². The fourth-order valence-electron chi connectivity index (χ4n) is 2.35. The first-order valence-corrected chi connectivity index (χ1v) is 8.39. The number of nitrogens with two attached hydrogens (primary N) is 1. The normalized spacial score (nSPS) is 18.5. The lowest BCUT2D eigenvalue weighted by Crippen LogP contribution is -2.48. The first kappa shape index (κ1) is 15.4. The van der Waals surface area contributed by atoms with Gasteiger partial charge in [-0.05, 0) is 25.9 Å². The minimum Gasteiger partial charge on any atom is -0.330 e. The zero-order chi connectivity index (χ0) is 14.6. The van der Waals surface area contributed by atoms with Gasteiger partial charge in [-0.2, -0.15) is 9.40 Å². The van der Waals surface area contributed by atoms with Gasteiger partial charge in [0, 0.05) is 39.4 Å². The third-order valence-corrected chi connectivity index (χ3v) is 5.43. The van der Waals surface area contributed by atoms with Gasteiger partial charge in [-0.15, -0.1) is 0 Å². The summed E-state index contributed by atoms with van der Waals surface area (Å²) in [6.45, 7) is 4.36. The van der Waals surface area contributed by atoms with Gasteiger partial charge in [0.15, 0.2) is 0 Å². The summed E-state index contributed by atoms with van der Waals surface area (Å²) in [5.41, 5.74) is 5.48. The van der Waals surface area contributed by atoms with E-state index in [4.69, 9.17) is 5.73 Å². The second-order valence-corrected chi connectivity index (χ2v) is 7.03. The van der Waals surface area contributed by atoms with Crippen LogP contribution in [0.4, 0.5) is 0 Å². The van der Waals surface area contributed by atoms with E-state index in [1.54, 1.807) is 17.5 Å². The quantitative estimate of drug-likeness (QED) is 0.714. The molecule has 2 heterocycles. The summed E-state index contributed by atoms with van der Waals surface area (Å²) in [7, 11) is -1.67. The predicted octanol–water partition coefficient (Wildman–Crippen LogP) is -0.535. The zero-order valence-corrected chi connectivity index (χ0v) is 12.7. The highest BCUT2D eigenvalue weighted by Gasteiger charge is 2.29. The predicted molar refractivity (Wildman–Crippen MR) is 76.7 cm³/mol. The third kappa shape index (κ3) is 3.57. The molecule has 1 aromatic rings. The molecule has 0 unspecified atom stereocenters. The van der Waals surface area contributed by atoms with Crippen molar-refractivity contribution in [2.45, 2.75) is 17.7 Å². The van der Waals surface area contributed by atoms with Crippen molar-refractivity contribution in [1.82, 2.24) is 19.0 Å². The Labute approximate surface area is 120 Å². The van der Waals surface area contributed by atoms with E-state index in [0.717, 1.165) is 39.0 Å². The highest BCUT2D eigenvalue weighted by atomic mass is 32.2. The summed E-state index contributed by atoms with van der Waals surface area (Å²) in [6.07, 6.45) is 5.05. The van der Waals surface area contributed by atoms with E-state index in [9.17, 15) is 8.42 Å². The molecule has 1 aliphatic heterocycles. The van der Waals surface area contributed by atoms with Crippen molar-refractivity contribution in [2.24, 2.45) is 12.8 Å². The minimum atomic E-state index is -3.39. The summed E-state index contributed by atoms with van der Waals surface area (Å²) in [5.74, 6) is 0. The lowest BCUT2D eigenvalue weighted by atomic mass is 10.2. The van der Waals surface area contributed by atoms with Crippen molar-refractivity contribution in [1.29, 1.82) is 0 Å². The average molecular weight is 301 g/mol. The molecule has 1 fully saturated rings. The number of rotatable bonds is 6. The van der Waals surface area contributed by atoms with Gasteiger partial charge >= 0.3 is 0 Å². The molecule has 20 heavy (non-hydrogen) atoms. The average Bonchev–Trinajstić information content (AvgIpc) is 2.87. The van der Waals surface area contributed by atoms with E-state index in [1.807, 2.05) is 0 Å². The van der Waals surface area contributed by atoms with Crippen LogP contribution in [0.5, 0.6) is 0 Å². The summed E-state index contributed by atoms with van der Waals surface area (Å²) in [6, 6.07) is 0. The molecule has 0 saturated carbocycles. The van der Waals surface area contributed by atoms with Gasteiger partial charge in [-0.1, -0.05) is 0 Å². The van der Waals surface area contributed by atoms with Crippen LogP contribution < -0.4 is 5.73 Å². The van der Waals surface area contributed by atoms with Gasteiger partial charge < -0.3 is 10.6 Å². The molecule has 1 aromatic heterocycles. The summed E-state index contributed by atoms with van der Waals surface area (Å²) in [5, 5.41) is 3.93. The van der Waals surface area contributed by atoms with Crippen LogP contribution in [0.3, 0.4) is 0 Å². The number of unbranched alkanes of at least 4 members (excludes halogenated alkanes) is 1. The topological polar surface area (TPSA) is 84.5 Å². The summed E-state index contributed by atoms with van der Waals surface area (Å²) < 4.78 is 27.9. The SMILES string of the molecule is Cn1cc(S(=O)(=O)N2CCN(CCCCN)CC2)cn1. The van der Waals surface area contributed by atoms with E-state index in [-0.39, 0.29) is 4.90 Å². The first-order valence-electron chi connectivity index (χ1n) is 6.95. The third-order valence-electron chi connectivity index (χ3n) is 3.58. The number of aromatic nitrogens is 2. The molecule has 2 rings (SSSR count). The van der Waals surface area contributed by atoms with Crippen LogP contribution in [-0.2, 0) is 17.1 Å². The van der Waals surface area contributed by atoms with Crippen LogP contribution in [0.25, 0.3) is 0 Å². The standard InChI is InChI=1S/C12H23N5O2S/c1-15-11-12(10-14-15)20(18,19)17-8-6-16(7-9-17)5-3-2-4-13/h10-11H,2-9,13H2,1H3.